The van der Waals surface area contributed by atoms with E-state index in [1.54, 1.807) is 17.0 Å². The average Bonchev–Trinajstić information content (AvgIpc) is 2.59. The molecule has 0 aliphatic carbocycles. The van der Waals surface area contributed by atoms with Crippen LogP contribution in [0.4, 0.5) is 4.39 Å². The Morgan fingerprint density at radius 1 is 1.26 bits per heavy atom. The summed E-state index contributed by atoms with van der Waals surface area (Å²) in [5, 5.41) is 10.4. The van der Waals surface area contributed by atoms with Gasteiger partial charge in [0.2, 0.25) is 0 Å². The molecule has 0 bridgehead atoms. The minimum Gasteiger partial charge on any atom is -0.391 e. The van der Waals surface area contributed by atoms with Gasteiger partial charge in [0.25, 0.3) is 5.91 Å². The Balaban J connectivity index is 1.61. The Bertz CT molecular complexity index is 663. The highest BCUT2D eigenvalue weighted by Gasteiger charge is 2.30. The van der Waals surface area contributed by atoms with Gasteiger partial charge in [0, 0.05) is 25.5 Å². The molecule has 1 saturated heterocycles. The van der Waals surface area contributed by atoms with E-state index in [1.807, 2.05) is 0 Å². The first-order valence-corrected chi connectivity index (χ1v) is 7.60. The number of rotatable bonds is 3. The summed E-state index contributed by atoms with van der Waals surface area (Å²) in [6.07, 6.45) is 5.12. The fraction of sp³-hybridized carbons (Fsp3) is 0.353. The van der Waals surface area contributed by atoms with Crippen LogP contribution >= 0.6 is 0 Å². The number of likely N-dealkylation sites (tertiary alicyclic amines) is 1. The first-order chi connectivity index (χ1) is 11.1. The molecule has 0 saturated carbocycles. The summed E-state index contributed by atoms with van der Waals surface area (Å²) in [7, 11) is 0. The Morgan fingerprint density at radius 2 is 1.96 bits per heavy atom. The normalized spacial score (nSPS) is 21.2. The number of β-amino-alcohol motifs (C(OH)–C–C–N with tert-alkyl or cyclic N) is 1. The van der Waals surface area contributed by atoms with Crippen LogP contribution in [0.2, 0.25) is 0 Å². The second kappa shape index (κ2) is 6.83. The van der Waals surface area contributed by atoms with E-state index in [2.05, 4.69) is 9.97 Å². The molecular weight excluding hydrogens is 297 g/mol. The van der Waals surface area contributed by atoms with Gasteiger partial charge < -0.3 is 10.0 Å². The van der Waals surface area contributed by atoms with Gasteiger partial charge in [0.15, 0.2) is 0 Å². The molecule has 2 aromatic rings. The summed E-state index contributed by atoms with van der Waals surface area (Å²) in [6, 6.07) is 6.33. The third-order valence-electron chi connectivity index (χ3n) is 4.23. The predicted octanol–water partition coefficient (Wildman–Crippen LogP) is 1.68. The molecule has 23 heavy (non-hydrogen) atoms. The zero-order valence-corrected chi connectivity index (χ0v) is 12.6. The molecule has 1 amide bonds. The maximum absolute atomic E-state index is 12.9. The third-order valence-corrected chi connectivity index (χ3v) is 4.23. The molecule has 5 nitrogen and oxygen atoms in total. The molecule has 1 aliphatic rings. The maximum atomic E-state index is 12.9. The zero-order valence-electron chi connectivity index (χ0n) is 12.6. The molecule has 0 unspecified atom stereocenters. The van der Waals surface area contributed by atoms with Crippen LogP contribution in [0, 0.1) is 11.7 Å². The van der Waals surface area contributed by atoms with E-state index in [-0.39, 0.29) is 17.6 Å². The first-order valence-electron chi connectivity index (χ1n) is 7.60. The second-order valence-corrected chi connectivity index (χ2v) is 5.83. The third kappa shape index (κ3) is 3.71. The van der Waals surface area contributed by atoms with Gasteiger partial charge in [-0.05, 0) is 36.5 Å². The van der Waals surface area contributed by atoms with Gasteiger partial charge in [-0.1, -0.05) is 12.1 Å². The molecule has 2 heterocycles. The van der Waals surface area contributed by atoms with Crippen molar-refractivity contribution in [2.24, 2.45) is 5.92 Å². The number of halogens is 1. The Morgan fingerprint density at radius 3 is 2.61 bits per heavy atom. The first kappa shape index (κ1) is 15.6. The fourth-order valence-electron chi connectivity index (χ4n) is 2.92. The molecule has 1 aromatic heterocycles. The molecular formula is C17H18FN3O2. The van der Waals surface area contributed by atoms with E-state index in [1.165, 1.54) is 30.9 Å². The lowest BCUT2D eigenvalue weighted by Crippen LogP contribution is -2.47. The van der Waals surface area contributed by atoms with Gasteiger partial charge in [0.05, 0.1) is 11.7 Å². The maximum Gasteiger partial charge on any atom is 0.257 e. The van der Waals surface area contributed by atoms with Crippen LogP contribution in [0.25, 0.3) is 0 Å². The van der Waals surface area contributed by atoms with Gasteiger partial charge >= 0.3 is 0 Å². The van der Waals surface area contributed by atoms with E-state index in [0.29, 0.717) is 31.5 Å². The Kier molecular flexibility index (Phi) is 4.62. The quantitative estimate of drug-likeness (QED) is 0.936. The highest BCUT2D eigenvalue weighted by Crippen LogP contribution is 2.23. The van der Waals surface area contributed by atoms with Crippen LogP contribution in [0.5, 0.6) is 0 Å². The number of carbonyl (C=O) groups excluding carboxylic acids is 1. The lowest BCUT2D eigenvalue weighted by Gasteiger charge is -2.36. The largest absolute Gasteiger partial charge is 0.391 e. The monoisotopic (exact) mass is 315 g/mol. The molecule has 1 aromatic carbocycles. The second-order valence-electron chi connectivity index (χ2n) is 5.83. The number of nitrogens with zero attached hydrogens (tertiary/aromatic N) is 3. The minimum atomic E-state index is -0.595. The van der Waals surface area contributed by atoms with Crippen molar-refractivity contribution >= 4 is 5.91 Å². The standard InChI is InChI=1S/C17H18FN3O2/c18-15-3-1-12(2-4-15)7-13-5-6-21(10-16(13)22)17(23)14-8-19-11-20-9-14/h1-4,8-9,11,13,16,22H,5-7,10H2/t13-,16+/m1/s1. The Hall–Kier alpha value is -2.34. The van der Waals surface area contributed by atoms with E-state index in [0.717, 1.165) is 5.56 Å². The highest BCUT2D eigenvalue weighted by molar-refractivity contribution is 5.93. The number of amides is 1. The summed E-state index contributed by atoms with van der Waals surface area (Å²) < 4.78 is 12.9. The summed E-state index contributed by atoms with van der Waals surface area (Å²) in [4.78, 5) is 21.7. The van der Waals surface area contributed by atoms with Crippen molar-refractivity contribution in [3.05, 3.63) is 59.9 Å². The van der Waals surface area contributed by atoms with Crippen molar-refractivity contribution in [3.63, 3.8) is 0 Å². The number of benzene rings is 1. The molecule has 3 rings (SSSR count). The van der Waals surface area contributed by atoms with Crippen molar-refractivity contribution in [1.82, 2.24) is 14.9 Å². The van der Waals surface area contributed by atoms with Crippen molar-refractivity contribution in [2.45, 2.75) is 18.9 Å². The highest BCUT2D eigenvalue weighted by atomic mass is 19.1. The SMILES string of the molecule is O=C(c1cncnc1)N1CC[C@H](Cc2ccc(F)cc2)[C@@H](O)C1. The van der Waals surface area contributed by atoms with Crippen LogP contribution in [0.15, 0.2) is 43.0 Å². The van der Waals surface area contributed by atoms with Gasteiger partial charge in [-0.3, -0.25) is 4.79 Å². The van der Waals surface area contributed by atoms with Crippen LogP contribution in [0.1, 0.15) is 22.3 Å². The van der Waals surface area contributed by atoms with Gasteiger partial charge in [-0.25, -0.2) is 14.4 Å². The summed E-state index contributed by atoms with van der Waals surface area (Å²) in [6.45, 7) is 0.871. The number of hydrogen-bond donors (Lipinski definition) is 1. The molecule has 0 spiro atoms. The van der Waals surface area contributed by atoms with Gasteiger partial charge in [-0.2, -0.15) is 0 Å². The molecule has 120 valence electrons. The van der Waals surface area contributed by atoms with Crippen molar-refractivity contribution in [1.29, 1.82) is 0 Å². The fourth-order valence-corrected chi connectivity index (χ4v) is 2.92. The molecule has 1 N–H and O–H groups in total. The molecule has 2 atom stereocenters. The number of aromatic nitrogens is 2. The molecule has 1 aliphatic heterocycles. The lowest BCUT2D eigenvalue weighted by molar-refractivity contribution is 0.0197. The number of aliphatic hydroxyl groups excluding tert-OH is 1. The van der Waals surface area contributed by atoms with E-state index >= 15 is 0 Å². The van der Waals surface area contributed by atoms with E-state index in [9.17, 15) is 14.3 Å². The van der Waals surface area contributed by atoms with Crippen LogP contribution in [-0.4, -0.2) is 45.1 Å². The van der Waals surface area contributed by atoms with Crippen LogP contribution in [0.3, 0.4) is 0 Å². The Labute approximate surface area is 133 Å². The number of piperidine rings is 1. The minimum absolute atomic E-state index is 0.0662. The van der Waals surface area contributed by atoms with Crippen molar-refractivity contribution in [3.8, 4) is 0 Å². The van der Waals surface area contributed by atoms with E-state index in [4.69, 9.17) is 0 Å². The molecule has 1 fully saturated rings. The summed E-state index contributed by atoms with van der Waals surface area (Å²) >= 11 is 0. The van der Waals surface area contributed by atoms with Crippen LogP contribution < -0.4 is 0 Å². The lowest BCUT2D eigenvalue weighted by atomic mass is 9.87. The van der Waals surface area contributed by atoms with Crippen molar-refractivity contribution < 1.29 is 14.3 Å². The molecule has 0 radical (unpaired) electrons. The molecule has 6 heteroatoms. The van der Waals surface area contributed by atoms with Gasteiger partial charge in [-0.15, -0.1) is 0 Å². The number of hydrogen-bond acceptors (Lipinski definition) is 4. The van der Waals surface area contributed by atoms with Crippen molar-refractivity contribution in [2.75, 3.05) is 13.1 Å². The van der Waals surface area contributed by atoms with E-state index < -0.39 is 6.10 Å². The van der Waals surface area contributed by atoms with Crippen LogP contribution in [-0.2, 0) is 6.42 Å². The topological polar surface area (TPSA) is 66.3 Å². The predicted molar refractivity (Wildman–Crippen MR) is 82.2 cm³/mol. The summed E-state index contributed by atoms with van der Waals surface area (Å²) in [5.74, 6) is -0.360. The zero-order chi connectivity index (χ0) is 16.2. The number of carbonyl (C=O) groups is 1. The smallest absolute Gasteiger partial charge is 0.257 e. The van der Waals surface area contributed by atoms with Gasteiger partial charge in [0.1, 0.15) is 12.1 Å². The number of aliphatic hydroxyl groups is 1. The summed E-state index contributed by atoms with van der Waals surface area (Å²) in [5.41, 5.74) is 1.42. The average molecular weight is 315 g/mol.